The van der Waals surface area contributed by atoms with Crippen LogP contribution in [0.5, 0.6) is 0 Å². The first-order chi connectivity index (χ1) is 11.1. The smallest absolute Gasteiger partial charge is 0.265 e. The number of carbonyl (C=O) groups is 1. The van der Waals surface area contributed by atoms with Crippen molar-refractivity contribution in [2.75, 3.05) is 0 Å². The van der Waals surface area contributed by atoms with Crippen molar-refractivity contribution in [1.29, 1.82) is 0 Å². The van der Waals surface area contributed by atoms with E-state index in [0.717, 1.165) is 16.5 Å². The van der Waals surface area contributed by atoms with Gasteiger partial charge in [0, 0.05) is 26.4 Å². The fraction of sp³-hybridized carbons (Fsp3) is 0.0625. The Bertz CT molecular complexity index is 932. The summed E-state index contributed by atoms with van der Waals surface area (Å²) < 4.78 is 0. The van der Waals surface area contributed by atoms with Gasteiger partial charge in [0.05, 0.1) is 10.5 Å². The minimum absolute atomic E-state index is 0.247. The summed E-state index contributed by atoms with van der Waals surface area (Å²) in [6.45, 7) is 0. The molecule has 0 fully saturated rings. The first-order valence-corrected chi connectivity index (χ1v) is 8.00. The molecule has 1 atom stereocenters. The highest BCUT2D eigenvalue weighted by Gasteiger charge is 2.23. The Morgan fingerprint density at radius 3 is 2.70 bits per heavy atom. The van der Waals surface area contributed by atoms with Crippen molar-refractivity contribution in [2.24, 2.45) is 5.11 Å². The standard InChI is InChI=1S/C16H10BrClN4O/c17-14(9-4-2-1-3-5-9)13-11-8-10(18)6-7-12(11)20-15(13)16(23)21-22-19/h1-8,14,20H. The molecule has 5 nitrogen and oxygen atoms in total. The van der Waals surface area contributed by atoms with E-state index in [2.05, 4.69) is 30.9 Å². The zero-order valence-electron chi connectivity index (χ0n) is 11.7. The van der Waals surface area contributed by atoms with E-state index in [9.17, 15) is 4.79 Å². The molecule has 1 unspecified atom stereocenters. The second kappa shape index (κ2) is 6.46. The van der Waals surface area contributed by atoms with Crippen molar-refractivity contribution in [3.8, 4) is 0 Å². The molecule has 0 radical (unpaired) electrons. The van der Waals surface area contributed by atoms with E-state index in [1.165, 1.54) is 0 Å². The van der Waals surface area contributed by atoms with Gasteiger partial charge in [-0.1, -0.05) is 57.9 Å². The van der Waals surface area contributed by atoms with Gasteiger partial charge in [-0.2, -0.15) is 0 Å². The molecule has 3 rings (SSSR count). The number of nitrogens with one attached hydrogen (secondary N) is 1. The van der Waals surface area contributed by atoms with Crippen LogP contribution in [0.4, 0.5) is 0 Å². The van der Waals surface area contributed by atoms with E-state index < -0.39 is 5.91 Å². The minimum Gasteiger partial charge on any atom is -0.352 e. The zero-order valence-corrected chi connectivity index (χ0v) is 14.0. The SMILES string of the molecule is [N-]=[N+]=NC(=O)c1[nH]c2ccc(Cl)cc2c1C(Br)c1ccccc1. The number of hydrogen-bond donors (Lipinski definition) is 1. The molecule has 114 valence electrons. The van der Waals surface area contributed by atoms with Crippen molar-refractivity contribution in [3.63, 3.8) is 0 Å². The number of carbonyl (C=O) groups excluding carboxylic acids is 1. The number of aromatic amines is 1. The molecule has 1 N–H and O–H groups in total. The average Bonchev–Trinajstić information content (AvgIpc) is 2.94. The van der Waals surface area contributed by atoms with E-state index in [1.54, 1.807) is 18.2 Å². The van der Waals surface area contributed by atoms with Crippen LogP contribution in [0.15, 0.2) is 53.6 Å². The first kappa shape index (κ1) is 15.6. The molecular formula is C16H10BrClN4O. The van der Waals surface area contributed by atoms with Gasteiger partial charge in [0.15, 0.2) is 0 Å². The van der Waals surface area contributed by atoms with Crippen LogP contribution >= 0.6 is 27.5 Å². The van der Waals surface area contributed by atoms with E-state index in [-0.39, 0.29) is 10.5 Å². The van der Waals surface area contributed by atoms with Gasteiger partial charge in [0.1, 0.15) is 0 Å². The summed E-state index contributed by atoms with van der Waals surface area (Å²) >= 11 is 9.73. The Kier molecular flexibility index (Phi) is 4.39. The van der Waals surface area contributed by atoms with Crippen LogP contribution in [-0.2, 0) is 0 Å². The van der Waals surface area contributed by atoms with E-state index in [4.69, 9.17) is 17.1 Å². The summed E-state index contributed by atoms with van der Waals surface area (Å²) in [6, 6.07) is 15.0. The fourth-order valence-corrected chi connectivity index (χ4v) is 3.45. The molecule has 2 aromatic carbocycles. The lowest BCUT2D eigenvalue weighted by atomic mass is 10.0. The number of rotatable bonds is 3. The average molecular weight is 390 g/mol. The molecule has 0 aliphatic heterocycles. The maximum Gasteiger partial charge on any atom is 0.265 e. The largest absolute Gasteiger partial charge is 0.352 e. The number of nitrogens with zero attached hydrogens (tertiary/aromatic N) is 3. The summed E-state index contributed by atoms with van der Waals surface area (Å²) in [5.74, 6) is -0.657. The molecule has 0 bridgehead atoms. The van der Waals surface area contributed by atoms with Gasteiger partial charge in [-0.15, -0.1) is 0 Å². The second-order valence-electron chi connectivity index (χ2n) is 4.87. The number of halogens is 2. The Balaban J connectivity index is 2.27. The Morgan fingerprint density at radius 1 is 1.26 bits per heavy atom. The van der Waals surface area contributed by atoms with Crippen molar-refractivity contribution in [2.45, 2.75) is 4.83 Å². The van der Waals surface area contributed by atoms with Crippen molar-refractivity contribution >= 4 is 44.3 Å². The third-order valence-corrected chi connectivity index (χ3v) is 4.72. The minimum atomic E-state index is -0.657. The quantitative estimate of drug-likeness (QED) is 0.263. The highest BCUT2D eigenvalue weighted by molar-refractivity contribution is 9.09. The molecule has 7 heteroatoms. The Labute approximate surface area is 145 Å². The second-order valence-corrected chi connectivity index (χ2v) is 6.22. The molecule has 1 amide bonds. The van der Waals surface area contributed by atoms with Crippen molar-refractivity contribution in [3.05, 3.63) is 80.8 Å². The summed E-state index contributed by atoms with van der Waals surface area (Å²) in [5, 5.41) is 4.57. The lowest BCUT2D eigenvalue weighted by Gasteiger charge is -2.11. The molecule has 23 heavy (non-hydrogen) atoms. The summed E-state index contributed by atoms with van der Waals surface area (Å²) in [4.78, 5) is 17.5. The Morgan fingerprint density at radius 2 is 2.00 bits per heavy atom. The zero-order chi connectivity index (χ0) is 16.4. The first-order valence-electron chi connectivity index (χ1n) is 6.71. The maximum atomic E-state index is 12.2. The topological polar surface area (TPSA) is 81.6 Å². The maximum absolute atomic E-state index is 12.2. The van der Waals surface area contributed by atoms with Crippen LogP contribution in [0.1, 0.15) is 26.4 Å². The third kappa shape index (κ3) is 2.97. The molecule has 0 spiro atoms. The van der Waals surface area contributed by atoms with E-state index in [1.807, 2.05) is 30.3 Å². The Hall–Kier alpha value is -2.27. The highest BCUT2D eigenvalue weighted by atomic mass is 79.9. The molecule has 0 saturated heterocycles. The third-order valence-electron chi connectivity index (χ3n) is 3.50. The predicted octanol–water partition coefficient (Wildman–Crippen LogP) is 5.76. The number of H-pyrrole nitrogens is 1. The number of alkyl halides is 1. The van der Waals surface area contributed by atoms with Crippen LogP contribution in [0, 0.1) is 0 Å². The van der Waals surface area contributed by atoms with Gasteiger partial charge in [-0.3, -0.25) is 4.79 Å². The normalized spacial score (nSPS) is 11.9. The number of benzene rings is 2. The van der Waals surface area contributed by atoms with Crippen molar-refractivity contribution in [1.82, 2.24) is 4.98 Å². The molecule has 0 aliphatic rings. The van der Waals surface area contributed by atoms with Gasteiger partial charge in [-0.25, -0.2) is 0 Å². The lowest BCUT2D eigenvalue weighted by Crippen LogP contribution is -2.02. The van der Waals surface area contributed by atoms with Gasteiger partial charge in [0.25, 0.3) is 5.91 Å². The predicted molar refractivity (Wildman–Crippen MR) is 94.0 cm³/mol. The number of fused-ring (bicyclic) bond motifs is 1. The molecule has 0 aliphatic carbocycles. The van der Waals surface area contributed by atoms with E-state index >= 15 is 0 Å². The molecule has 1 heterocycles. The van der Waals surface area contributed by atoms with Crippen LogP contribution < -0.4 is 0 Å². The monoisotopic (exact) mass is 388 g/mol. The molecule has 1 aromatic heterocycles. The van der Waals surface area contributed by atoms with E-state index in [0.29, 0.717) is 10.6 Å². The summed E-state index contributed by atoms with van der Waals surface area (Å²) in [6.07, 6.45) is 0. The van der Waals surface area contributed by atoms with Gasteiger partial charge in [-0.05, 0) is 34.4 Å². The van der Waals surface area contributed by atoms with Gasteiger partial charge >= 0.3 is 0 Å². The number of hydrogen-bond acceptors (Lipinski definition) is 1. The highest BCUT2D eigenvalue weighted by Crippen LogP contribution is 2.39. The number of amides is 1. The van der Waals surface area contributed by atoms with Gasteiger partial charge < -0.3 is 4.98 Å². The summed E-state index contributed by atoms with van der Waals surface area (Å²) in [7, 11) is 0. The lowest BCUT2D eigenvalue weighted by molar-refractivity contribution is 0.0995. The number of aromatic nitrogens is 1. The van der Waals surface area contributed by atoms with Crippen molar-refractivity contribution < 1.29 is 4.79 Å². The molecule has 3 aromatic rings. The van der Waals surface area contributed by atoms with Crippen LogP contribution in [0.2, 0.25) is 5.02 Å². The molecule has 0 saturated carbocycles. The van der Waals surface area contributed by atoms with Crippen LogP contribution in [0.3, 0.4) is 0 Å². The number of azide groups is 1. The fourth-order valence-electron chi connectivity index (χ4n) is 2.50. The van der Waals surface area contributed by atoms with Crippen LogP contribution in [-0.4, -0.2) is 10.9 Å². The van der Waals surface area contributed by atoms with Gasteiger partial charge in [0.2, 0.25) is 0 Å². The molecular weight excluding hydrogens is 380 g/mol. The summed E-state index contributed by atoms with van der Waals surface area (Å²) in [5.41, 5.74) is 11.2. The van der Waals surface area contributed by atoms with Crippen LogP contribution in [0.25, 0.3) is 21.3 Å².